The minimum atomic E-state index is -0.125. The lowest BCUT2D eigenvalue weighted by Crippen LogP contribution is -2.16. The molecular weight excluding hydrogens is 649 g/mol. The second-order valence-corrected chi connectivity index (χ2v) is 14.5. The Bertz CT molecular complexity index is 3020. The van der Waals surface area contributed by atoms with Gasteiger partial charge in [-0.15, -0.1) is 0 Å². The van der Waals surface area contributed by atoms with E-state index < -0.39 is 0 Å². The summed E-state index contributed by atoms with van der Waals surface area (Å²) in [5.41, 5.74) is 16.4. The van der Waals surface area contributed by atoms with Crippen LogP contribution in [0.4, 0.5) is 17.1 Å². The van der Waals surface area contributed by atoms with Gasteiger partial charge in [0.15, 0.2) is 0 Å². The van der Waals surface area contributed by atoms with E-state index in [0.29, 0.717) is 0 Å². The molecular formula is C48H34N4O. The van der Waals surface area contributed by atoms with E-state index in [1.807, 2.05) is 18.2 Å². The average molecular weight is 683 g/mol. The second-order valence-electron chi connectivity index (χ2n) is 14.5. The molecule has 3 heterocycles. The molecule has 7 aromatic carbocycles. The van der Waals surface area contributed by atoms with E-state index >= 15 is 0 Å². The molecule has 0 unspecified atom stereocenters. The monoisotopic (exact) mass is 682 g/mol. The summed E-state index contributed by atoms with van der Waals surface area (Å²) in [6.45, 7) is 4.68. The van der Waals surface area contributed by atoms with Crippen molar-refractivity contribution >= 4 is 56.1 Å². The first-order valence-electron chi connectivity index (χ1n) is 18.1. The fourth-order valence-corrected chi connectivity index (χ4v) is 8.63. The van der Waals surface area contributed by atoms with Gasteiger partial charge in [-0.05, 0) is 88.5 Å². The number of furan rings is 1. The van der Waals surface area contributed by atoms with Crippen molar-refractivity contribution in [2.75, 3.05) is 4.90 Å². The van der Waals surface area contributed by atoms with Gasteiger partial charge in [0.05, 0.1) is 16.7 Å². The van der Waals surface area contributed by atoms with Crippen LogP contribution in [0.5, 0.6) is 0 Å². The van der Waals surface area contributed by atoms with Gasteiger partial charge in [-0.1, -0.05) is 123 Å². The topological polar surface area (TPSA) is 38.6 Å². The molecule has 252 valence electrons. The lowest BCUT2D eigenvalue weighted by atomic mass is 9.82. The van der Waals surface area contributed by atoms with Crippen molar-refractivity contribution < 1.29 is 4.42 Å². The van der Waals surface area contributed by atoms with Crippen LogP contribution in [0, 0.1) is 0 Å². The third-order valence-electron chi connectivity index (χ3n) is 11.1. The fraction of sp³-hybridized carbons (Fsp3) is 0.0625. The highest BCUT2D eigenvalue weighted by Gasteiger charge is 2.37. The van der Waals surface area contributed by atoms with Crippen LogP contribution >= 0.6 is 0 Å². The van der Waals surface area contributed by atoms with Crippen molar-refractivity contribution in [3.8, 4) is 27.9 Å². The van der Waals surface area contributed by atoms with E-state index in [4.69, 9.17) is 9.40 Å². The average Bonchev–Trinajstić information content (AvgIpc) is 3.91. The maximum absolute atomic E-state index is 6.51. The number of hydrogen-bond donors (Lipinski definition) is 0. The van der Waals surface area contributed by atoms with Gasteiger partial charge in [-0.25, -0.2) is 9.38 Å². The van der Waals surface area contributed by atoms with Crippen molar-refractivity contribution in [1.29, 1.82) is 0 Å². The minimum absolute atomic E-state index is 0.125. The molecule has 0 fully saturated rings. The Hall–Kier alpha value is -6.85. The first-order chi connectivity index (χ1) is 26.1. The summed E-state index contributed by atoms with van der Waals surface area (Å²) in [6.07, 6.45) is 0. The van der Waals surface area contributed by atoms with Crippen molar-refractivity contribution in [3.05, 3.63) is 181 Å². The molecule has 5 nitrogen and oxygen atoms in total. The molecule has 0 amide bonds. The zero-order valence-electron chi connectivity index (χ0n) is 29.4. The molecule has 0 N–H and O–H groups in total. The maximum Gasteiger partial charge on any atom is 0.234 e. The molecule has 0 bridgehead atoms. The number of nitrogens with zero attached hydrogens (tertiary/aromatic N) is 4. The molecule has 10 aromatic rings. The second kappa shape index (κ2) is 11.1. The summed E-state index contributed by atoms with van der Waals surface area (Å²) in [5.74, 6) is 0.817. The highest BCUT2D eigenvalue weighted by Crippen LogP contribution is 2.54. The summed E-state index contributed by atoms with van der Waals surface area (Å²) in [7, 11) is 0. The molecule has 0 atom stereocenters. The predicted octanol–water partition coefficient (Wildman–Crippen LogP) is 12.6. The normalized spacial score (nSPS) is 13.2. The number of imidazole rings is 2. The third kappa shape index (κ3) is 4.28. The van der Waals surface area contributed by atoms with Crippen LogP contribution in [0.15, 0.2) is 174 Å². The van der Waals surface area contributed by atoms with Crippen LogP contribution < -0.4 is 4.90 Å². The number of aromatic nitrogens is 3. The summed E-state index contributed by atoms with van der Waals surface area (Å²) in [4.78, 5) is 7.68. The van der Waals surface area contributed by atoms with Crippen molar-refractivity contribution in [1.82, 2.24) is 14.0 Å². The summed E-state index contributed by atoms with van der Waals surface area (Å²) < 4.78 is 10.9. The lowest BCUT2D eigenvalue weighted by molar-refractivity contribution is 0.651. The fourth-order valence-electron chi connectivity index (χ4n) is 8.63. The number of fused-ring (bicyclic) bond motifs is 10. The molecule has 3 aromatic heterocycles. The first kappa shape index (κ1) is 29.8. The largest absolute Gasteiger partial charge is 0.437 e. The van der Waals surface area contributed by atoms with E-state index in [1.54, 1.807) is 0 Å². The number of benzene rings is 7. The molecule has 1 aliphatic carbocycles. The van der Waals surface area contributed by atoms with Gasteiger partial charge in [0.2, 0.25) is 11.5 Å². The molecule has 0 saturated carbocycles. The molecule has 5 heteroatoms. The molecule has 11 rings (SSSR count). The van der Waals surface area contributed by atoms with Crippen LogP contribution in [0.2, 0.25) is 0 Å². The van der Waals surface area contributed by atoms with Crippen LogP contribution in [0.3, 0.4) is 0 Å². The Morgan fingerprint density at radius 3 is 2.09 bits per heavy atom. The summed E-state index contributed by atoms with van der Waals surface area (Å²) in [5, 5.41) is 1.02. The van der Waals surface area contributed by atoms with Gasteiger partial charge >= 0.3 is 0 Å². The standard InChI is InChI=1S/C48H34N4O/c1-48(2)38-20-11-9-18-36(38)44-39(48)21-13-22-41(44)50(34-26-24-32(25-27-34)31-14-5-3-6-15-31)35-28-29-40-42(30-35)51(33-16-7-4-8-17-33)47-49-45-37-19-10-12-23-43(37)53-46(45)52(40)47/h3-30H,1-2H3. The van der Waals surface area contributed by atoms with Gasteiger partial charge in [0.25, 0.3) is 0 Å². The van der Waals surface area contributed by atoms with Gasteiger partial charge in [0, 0.05) is 33.4 Å². The molecule has 0 spiro atoms. The Labute approximate surface area is 306 Å². The van der Waals surface area contributed by atoms with Crippen molar-refractivity contribution in [3.63, 3.8) is 0 Å². The van der Waals surface area contributed by atoms with Crippen molar-refractivity contribution in [2.24, 2.45) is 0 Å². The van der Waals surface area contributed by atoms with E-state index in [0.717, 1.165) is 61.8 Å². The molecule has 53 heavy (non-hydrogen) atoms. The van der Waals surface area contributed by atoms with Crippen LogP contribution in [-0.2, 0) is 5.41 Å². The van der Waals surface area contributed by atoms with Gasteiger partial charge in [0.1, 0.15) is 11.1 Å². The number of rotatable bonds is 5. The van der Waals surface area contributed by atoms with Crippen LogP contribution in [0.25, 0.3) is 67.0 Å². The Balaban J connectivity index is 1.19. The lowest BCUT2D eigenvalue weighted by Gasteiger charge is -2.29. The highest BCUT2D eigenvalue weighted by atomic mass is 16.3. The first-order valence-corrected chi connectivity index (χ1v) is 18.1. The predicted molar refractivity (Wildman–Crippen MR) is 217 cm³/mol. The smallest absolute Gasteiger partial charge is 0.234 e. The zero-order chi connectivity index (χ0) is 35.3. The number of para-hydroxylation sites is 2. The van der Waals surface area contributed by atoms with Gasteiger partial charge in [-0.3, -0.25) is 4.57 Å². The summed E-state index contributed by atoms with van der Waals surface area (Å²) >= 11 is 0. The Morgan fingerprint density at radius 1 is 0.585 bits per heavy atom. The number of anilines is 3. The van der Waals surface area contributed by atoms with Gasteiger partial charge < -0.3 is 9.32 Å². The van der Waals surface area contributed by atoms with Crippen molar-refractivity contribution in [2.45, 2.75) is 19.3 Å². The minimum Gasteiger partial charge on any atom is -0.437 e. The highest BCUT2D eigenvalue weighted by molar-refractivity contribution is 6.05. The Morgan fingerprint density at radius 2 is 1.26 bits per heavy atom. The third-order valence-corrected chi connectivity index (χ3v) is 11.1. The van der Waals surface area contributed by atoms with E-state index in [2.05, 4.69) is 179 Å². The maximum atomic E-state index is 6.51. The van der Waals surface area contributed by atoms with Crippen LogP contribution in [-0.4, -0.2) is 14.0 Å². The molecule has 0 saturated heterocycles. The zero-order valence-corrected chi connectivity index (χ0v) is 29.4. The SMILES string of the molecule is CC1(C)c2ccccc2-c2c(N(c3ccc(-c4ccccc4)cc3)c3ccc4c(c3)n(-c3ccccc3)c3nc5c6ccccc6oc5n43)cccc21. The van der Waals surface area contributed by atoms with Crippen LogP contribution in [0.1, 0.15) is 25.0 Å². The van der Waals surface area contributed by atoms with E-state index in [9.17, 15) is 0 Å². The molecule has 1 aliphatic rings. The quantitative estimate of drug-likeness (QED) is 0.181. The Kier molecular flexibility index (Phi) is 6.23. The van der Waals surface area contributed by atoms with Gasteiger partial charge in [-0.2, -0.15) is 0 Å². The molecule has 0 radical (unpaired) electrons. The summed E-state index contributed by atoms with van der Waals surface area (Å²) in [6, 6.07) is 60.6. The van der Waals surface area contributed by atoms with E-state index in [1.165, 1.54) is 33.4 Å². The van der Waals surface area contributed by atoms with E-state index in [-0.39, 0.29) is 5.41 Å². The number of hydrogen-bond acceptors (Lipinski definition) is 3. The molecule has 0 aliphatic heterocycles.